The lowest BCUT2D eigenvalue weighted by Gasteiger charge is -2.24. The Balaban J connectivity index is 1.89. The number of anilines is 2. The fourth-order valence-corrected chi connectivity index (χ4v) is 4.03. The molecule has 166 valence electrons. The summed E-state index contributed by atoms with van der Waals surface area (Å²) in [5.41, 5.74) is 6.75. The van der Waals surface area contributed by atoms with E-state index < -0.39 is 11.2 Å². The van der Waals surface area contributed by atoms with Gasteiger partial charge in [-0.1, -0.05) is 51.1 Å². The Morgan fingerprint density at radius 2 is 2.00 bits per heavy atom. The highest BCUT2D eigenvalue weighted by molar-refractivity contribution is 7.99. The highest BCUT2D eigenvalue weighted by Crippen LogP contribution is 2.23. The van der Waals surface area contributed by atoms with Crippen molar-refractivity contribution in [3.05, 3.63) is 45.1 Å². The Bertz CT molecular complexity index is 1150. The zero-order chi connectivity index (χ0) is 22.5. The summed E-state index contributed by atoms with van der Waals surface area (Å²) in [6.07, 6.45) is 1.53. The number of nitrogens with zero attached hydrogens (tertiary/aromatic N) is 3. The number of para-hydroxylation sites is 2. The molecule has 10 heteroatoms. The van der Waals surface area contributed by atoms with Crippen LogP contribution in [0.15, 0.2) is 39.0 Å². The number of hydrogen-bond donors (Lipinski definition) is 3. The zero-order valence-electron chi connectivity index (χ0n) is 18.0. The number of rotatable bonds is 9. The number of aromatic amines is 2. The van der Waals surface area contributed by atoms with Crippen molar-refractivity contribution < 1.29 is 4.79 Å². The lowest BCUT2D eigenvalue weighted by Crippen LogP contribution is -2.42. The molecule has 0 bridgehead atoms. The van der Waals surface area contributed by atoms with E-state index in [0.29, 0.717) is 24.7 Å². The number of imidazole rings is 1. The van der Waals surface area contributed by atoms with E-state index in [9.17, 15) is 14.4 Å². The maximum absolute atomic E-state index is 13.1. The Morgan fingerprint density at radius 1 is 1.26 bits per heavy atom. The van der Waals surface area contributed by atoms with Crippen molar-refractivity contribution >= 4 is 40.2 Å². The predicted molar refractivity (Wildman–Crippen MR) is 125 cm³/mol. The number of aromatic nitrogens is 4. The number of benzene rings is 1. The van der Waals surface area contributed by atoms with E-state index in [-0.39, 0.29) is 29.1 Å². The molecule has 31 heavy (non-hydrogen) atoms. The monoisotopic (exact) mass is 444 g/mol. The van der Waals surface area contributed by atoms with E-state index in [2.05, 4.69) is 15.0 Å². The van der Waals surface area contributed by atoms with Crippen molar-refractivity contribution in [3.63, 3.8) is 0 Å². The first-order chi connectivity index (χ1) is 14.8. The number of amides is 1. The third kappa shape index (κ3) is 5.19. The van der Waals surface area contributed by atoms with Crippen molar-refractivity contribution in [2.75, 3.05) is 22.9 Å². The van der Waals surface area contributed by atoms with Crippen LogP contribution in [-0.2, 0) is 11.3 Å². The number of nitrogen functional groups attached to an aromatic ring is 1. The van der Waals surface area contributed by atoms with Gasteiger partial charge in [0.05, 0.1) is 16.8 Å². The van der Waals surface area contributed by atoms with Gasteiger partial charge in [-0.25, -0.2) is 9.78 Å². The lowest BCUT2D eigenvalue weighted by atomic mass is 10.2. The average Bonchev–Trinajstić information content (AvgIpc) is 3.14. The first-order valence-electron chi connectivity index (χ1n) is 10.3. The predicted octanol–water partition coefficient (Wildman–Crippen LogP) is 2.58. The van der Waals surface area contributed by atoms with E-state index in [4.69, 9.17) is 5.73 Å². The van der Waals surface area contributed by atoms with E-state index in [1.165, 1.54) is 21.2 Å². The summed E-state index contributed by atoms with van der Waals surface area (Å²) >= 11 is 1.26. The Morgan fingerprint density at radius 3 is 2.68 bits per heavy atom. The number of carbonyl (C=O) groups is 1. The zero-order valence-corrected chi connectivity index (χ0v) is 18.8. The Labute approximate surface area is 184 Å². The molecular formula is C21H28N6O3S. The van der Waals surface area contributed by atoms with Crippen molar-refractivity contribution in [3.8, 4) is 0 Å². The standard InChI is InChI=1S/C21H28N6O3S/c1-4-5-10-26(17-18(22)27(11-13(2)3)21(30)25-19(17)29)16(28)12-31-20-23-14-8-6-7-9-15(14)24-20/h6-9,13H,4-5,10-12,22H2,1-3H3,(H,23,24)(H,25,29,30). The minimum atomic E-state index is -0.652. The van der Waals surface area contributed by atoms with Crippen LogP contribution >= 0.6 is 11.8 Å². The smallest absolute Gasteiger partial charge is 0.330 e. The van der Waals surface area contributed by atoms with E-state index in [1.54, 1.807) is 0 Å². The molecule has 0 saturated heterocycles. The fraction of sp³-hybridized carbons (Fsp3) is 0.429. The van der Waals surface area contributed by atoms with Gasteiger partial charge in [0, 0.05) is 13.1 Å². The molecule has 2 heterocycles. The van der Waals surface area contributed by atoms with Crippen LogP contribution in [0.25, 0.3) is 11.0 Å². The molecule has 3 aromatic rings. The quantitative estimate of drug-likeness (QED) is 0.435. The number of unbranched alkanes of at least 4 members (excludes halogenated alkanes) is 1. The lowest BCUT2D eigenvalue weighted by molar-refractivity contribution is -0.116. The van der Waals surface area contributed by atoms with Gasteiger partial charge in [0.1, 0.15) is 5.82 Å². The molecule has 0 aliphatic heterocycles. The van der Waals surface area contributed by atoms with Gasteiger partial charge in [0.25, 0.3) is 5.56 Å². The number of nitrogens with two attached hydrogens (primary N) is 1. The maximum Gasteiger partial charge on any atom is 0.330 e. The molecule has 9 nitrogen and oxygen atoms in total. The number of H-pyrrole nitrogens is 2. The Hall–Kier alpha value is -3.01. The molecule has 0 spiro atoms. The second-order valence-corrected chi connectivity index (χ2v) is 8.71. The van der Waals surface area contributed by atoms with Gasteiger partial charge in [-0.3, -0.25) is 19.1 Å². The molecule has 1 aromatic carbocycles. The summed E-state index contributed by atoms with van der Waals surface area (Å²) < 4.78 is 1.32. The minimum absolute atomic E-state index is 0.0145. The highest BCUT2D eigenvalue weighted by atomic mass is 32.2. The number of fused-ring (bicyclic) bond motifs is 1. The molecule has 1 amide bonds. The summed E-state index contributed by atoms with van der Waals surface area (Å²) in [7, 11) is 0. The van der Waals surface area contributed by atoms with Gasteiger partial charge in [-0.05, 0) is 24.5 Å². The largest absolute Gasteiger partial charge is 0.383 e. The van der Waals surface area contributed by atoms with Crippen LogP contribution in [0.4, 0.5) is 11.5 Å². The van der Waals surface area contributed by atoms with Crippen molar-refractivity contribution in [1.29, 1.82) is 0 Å². The molecule has 0 saturated carbocycles. The Kier molecular flexibility index (Phi) is 7.21. The van der Waals surface area contributed by atoms with E-state index in [0.717, 1.165) is 17.5 Å². The first-order valence-corrected chi connectivity index (χ1v) is 11.3. The van der Waals surface area contributed by atoms with Gasteiger partial charge in [0.15, 0.2) is 10.8 Å². The molecule has 4 N–H and O–H groups in total. The molecule has 2 aromatic heterocycles. The van der Waals surface area contributed by atoms with Gasteiger partial charge < -0.3 is 15.6 Å². The highest BCUT2D eigenvalue weighted by Gasteiger charge is 2.24. The van der Waals surface area contributed by atoms with Gasteiger partial charge in [0.2, 0.25) is 5.91 Å². The SMILES string of the molecule is CCCCN(C(=O)CSc1nc2ccccc2[nH]1)c1c(N)n(CC(C)C)c(=O)[nH]c1=O. The van der Waals surface area contributed by atoms with Crippen LogP contribution in [0.1, 0.15) is 33.6 Å². The number of hydrogen-bond acceptors (Lipinski definition) is 6. The summed E-state index contributed by atoms with van der Waals surface area (Å²) in [5, 5.41) is 0.622. The van der Waals surface area contributed by atoms with Crippen molar-refractivity contribution in [1.82, 2.24) is 19.5 Å². The second kappa shape index (κ2) is 9.86. The van der Waals surface area contributed by atoms with Crippen LogP contribution in [0.2, 0.25) is 0 Å². The number of carbonyl (C=O) groups excluding carboxylic acids is 1. The van der Waals surface area contributed by atoms with Crippen LogP contribution < -0.4 is 21.9 Å². The number of thioether (sulfide) groups is 1. The third-order valence-electron chi connectivity index (χ3n) is 4.77. The first kappa shape index (κ1) is 22.7. The summed E-state index contributed by atoms with van der Waals surface area (Å²) in [5.74, 6) is -0.0418. The molecule has 0 radical (unpaired) electrons. The molecule has 0 aliphatic rings. The van der Waals surface area contributed by atoms with Crippen LogP contribution in [-0.4, -0.2) is 37.7 Å². The van der Waals surface area contributed by atoms with Gasteiger partial charge in [-0.2, -0.15) is 0 Å². The van der Waals surface area contributed by atoms with Gasteiger partial charge in [-0.15, -0.1) is 0 Å². The normalized spacial score (nSPS) is 11.4. The molecule has 0 fully saturated rings. The van der Waals surface area contributed by atoms with E-state index in [1.807, 2.05) is 45.0 Å². The van der Waals surface area contributed by atoms with Crippen LogP contribution in [0.3, 0.4) is 0 Å². The summed E-state index contributed by atoms with van der Waals surface area (Å²) in [4.78, 5) is 49.4. The number of nitrogens with one attached hydrogen (secondary N) is 2. The fourth-order valence-electron chi connectivity index (χ4n) is 3.27. The average molecular weight is 445 g/mol. The molecular weight excluding hydrogens is 416 g/mol. The van der Waals surface area contributed by atoms with Crippen molar-refractivity contribution in [2.45, 2.75) is 45.3 Å². The second-order valence-electron chi connectivity index (χ2n) is 7.74. The van der Waals surface area contributed by atoms with E-state index >= 15 is 0 Å². The van der Waals surface area contributed by atoms with Crippen LogP contribution in [0, 0.1) is 5.92 Å². The third-order valence-corrected chi connectivity index (χ3v) is 5.63. The molecule has 0 unspecified atom stereocenters. The maximum atomic E-state index is 13.1. The summed E-state index contributed by atoms with van der Waals surface area (Å²) in [6.45, 7) is 6.57. The topological polar surface area (TPSA) is 130 Å². The van der Waals surface area contributed by atoms with Crippen molar-refractivity contribution in [2.24, 2.45) is 5.92 Å². The van der Waals surface area contributed by atoms with Crippen LogP contribution in [0.5, 0.6) is 0 Å². The molecule has 3 rings (SSSR count). The minimum Gasteiger partial charge on any atom is -0.383 e. The summed E-state index contributed by atoms with van der Waals surface area (Å²) in [6, 6.07) is 7.62. The molecule has 0 aliphatic carbocycles. The molecule has 0 atom stereocenters. The van der Waals surface area contributed by atoms with Gasteiger partial charge >= 0.3 is 5.69 Å².